The Morgan fingerprint density at radius 3 is 2.78 bits per heavy atom. The number of hydrogen-bond acceptors (Lipinski definition) is 4. The summed E-state index contributed by atoms with van der Waals surface area (Å²) in [6.07, 6.45) is 11.1. The van der Waals surface area contributed by atoms with Crippen molar-refractivity contribution >= 4 is 23.9 Å². The predicted molar refractivity (Wildman–Crippen MR) is 90.3 cm³/mol. The molecule has 1 amide bonds. The molecule has 2 aliphatic carbocycles. The molecule has 2 unspecified atom stereocenters. The van der Waals surface area contributed by atoms with Gasteiger partial charge in [0.25, 0.3) is 5.56 Å². The molecule has 2 atom stereocenters. The average molecular weight is 314 g/mol. The van der Waals surface area contributed by atoms with E-state index in [2.05, 4.69) is 33.5 Å². The van der Waals surface area contributed by atoms with Gasteiger partial charge in [-0.15, -0.1) is 0 Å². The van der Waals surface area contributed by atoms with Gasteiger partial charge in [-0.2, -0.15) is 5.10 Å². The van der Waals surface area contributed by atoms with Crippen molar-refractivity contribution in [2.45, 2.75) is 50.6 Å². The summed E-state index contributed by atoms with van der Waals surface area (Å²) in [5.74, 6) is 0.606. The molecular formula is C17H22N4O2. The van der Waals surface area contributed by atoms with Gasteiger partial charge in [0.1, 0.15) is 0 Å². The van der Waals surface area contributed by atoms with Crippen molar-refractivity contribution in [3.05, 3.63) is 33.4 Å². The molecule has 3 rings (SSSR count). The Morgan fingerprint density at radius 2 is 2.00 bits per heavy atom. The molecule has 6 nitrogen and oxygen atoms in total. The molecule has 2 aliphatic rings. The van der Waals surface area contributed by atoms with Crippen LogP contribution in [0.4, 0.5) is 5.82 Å². The zero-order valence-corrected chi connectivity index (χ0v) is 13.1. The van der Waals surface area contributed by atoms with E-state index in [1.54, 1.807) is 0 Å². The number of hydrogen-bond donors (Lipinski definition) is 3. The molecule has 1 aromatic rings. The van der Waals surface area contributed by atoms with Crippen LogP contribution in [0.5, 0.6) is 0 Å². The Morgan fingerprint density at radius 1 is 1.26 bits per heavy atom. The molecular weight excluding hydrogens is 292 g/mol. The van der Waals surface area contributed by atoms with Crippen molar-refractivity contribution in [2.75, 3.05) is 5.32 Å². The van der Waals surface area contributed by atoms with E-state index in [-0.39, 0.29) is 23.6 Å². The van der Waals surface area contributed by atoms with Crippen LogP contribution in [0.15, 0.2) is 17.4 Å². The fraction of sp³-hybridized carbons (Fsp3) is 0.471. The molecule has 0 aromatic carbocycles. The molecule has 0 radical (unpaired) electrons. The summed E-state index contributed by atoms with van der Waals surface area (Å²) in [7, 11) is 0. The zero-order valence-electron chi connectivity index (χ0n) is 13.1. The number of nitrogens with zero attached hydrogens (tertiary/aromatic N) is 1. The summed E-state index contributed by atoms with van der Waals surface area (Å²) in [5, 5.41) is 14.8. The standard InChI is InChI=1S/C17H22N4O2/c1-2-15(22)18-11-6-5-7-12(10-11)19-16-13-8-3-4-9-14(13)17(23)21-20-16/h2,8-9,11-12H,1,3-7,10H2,(H,18,22)(H,19,20)(H,21,23). The van der Waals surface area contributed by atoms with E-state index >= 15 is 0 Å². The van der Waals surface area contributed by atoms with E-state index in [0.717, 1.165) is 49.6 Å². The molecule has 0 saturated heterocycles. The van der Waals surface area contributed by atoms with E-state index in [0.29, 0.717) is 5.22 Å². The third-order valence-electron chi connectivity index (χ3n) is 4.47. The summed E-state index contributed by atoms with van der Waals surface area (Å²) in [5.41, 5.74) is -0.138. The van der Waals surface area contributed by atoms with Crippen molar-refractivity contribution in [2.24, 2.45) is 0 Å². The minimum Gasteiger partial charge on any atom is -0.365 e. The molecule has 1 fully saturated rings. The second-order valence-electron chi connectivity index (χ2n) is 6.13. The molecule has 3 N–H and O–H groups in total. The molecule has 0 bridgehead atoms. The van der Waals surface area contributed by atoms with Gasteiger partial charge in [-0.05, 0) is 44.6 Å². The number of anilines is 1. The topological polar surface area (TPSA) is 86.9 Å². The number of H-pyrrole nitrogens is 1. The first-order chi connectivity index (χ1) is 11.2. The number of aromatic amines is 1. The SMILES string of the molecule is C=CC(=O)NC1CCCC(Nc2n[nH]c(=O)c3c2=CCCC=3)C1. The highest BCUT2D eigenvalue weighted by Crippen LogP contribution is 2.20. The van der Waals surface area contributed by atoms with Crippen LogP contribution in [0.2, 0.25) is 0 Å². The highest BCUT2D eigenvalue weighted by atomic mass is 16.1. The van der Waals surface area contributed by atoms with Gasteiger partial charge < -0.3 is 10.6 Å². The van der Waals surface area contributed by atoms with Crippen LogP contribution in [-0.4, -0.2) is 28.2 Å². The Balaban J connectivity index is 1.77. The first-order valence-corrected chi connectivity index (χ1v) is 8.16. The molecule has 0 aliphatic heterocycles. The number of carbonyl (C=O) groups excluding carboxylic acids is 1. The fourth-order valence-corrected chi connectivity index (χ4v) is 3.36. The van der Waals surface area contributed by atoms with Crippen molar-refractivity contribution in [1.82, 2.24) is 15.5 Å². The van der Waals surface area contributed by atoms with Crippen LogP contribution in [0.3, 0.4) is 0 Å². The van der Waals surface area contributed by atoms with Crippen LogP contribution < -0.4 is 26.6 Å². The largest absolute Gasteiger partial charge is 0.365 e. The molecule has 1 aromatic heterocycles. The maximum absolute atomic E-state index is 11.9. The van der Waals surface area contributed by atoms with Gasteiger partial charge in [0.05, 0.1) is 0 Å². The van der Waals surface area contributed by atoms with Crippen LogP contribution >= 0.6 is 0 Å². The van der Waals surface area contributed by atoms with Crippen molar-refractivity contribution < 1.29 is 4.79 Å². The third-order valence-corrected chi connectivity index (χ3v) is 4.47. The lowest BCUT2D eigenvalue weighted by molar-refractivity contribution is -0.117. The zero-order chi connectivity index (χ0) is 16.2. The van der Waals surface area contributed by atoms with Crippen molar-refractivity contribution in [3.63, 3.8) is 0 Å². The Labute approximate surface area is 134 Å². The fourth-order valence-electron chi connectivity index (χ4n) is 3.36. The number of carbonyl (C=O) groups is 1. The number of fused-ring (bicyclic) bond motifs is 1. The van der Waals surface area contributed by atoms with Crippen LogP contribution in [-0.2, 0) is 4.79 Å². The predicted octanol–water partition coefficient (Wildman–Crippen LogP) is 0.150. The second kappa shape index (κ2) is 6.81. The summed E-state index contributed by atoms with van der Waals surface area (Å²) in [6.45, 7) is 3.49. The third kappa shape index (κ3) is 3.52. The van der Waals surface area contributed by atoms with E-state index < -0.39 is 0 Å². The molecule has 1 saturated carbocycles. The van der Waals surface area contributed by atoms with E-state index in [1.807, 2.05) is 6.08 Å². The van der Waals surface area contributed by atoms with Gasteiger partial charge in [0, 0.05) is 22.5 Å². The summed E-state index contributed by atoms with van der Waals surface area (Å²) >= 11 is 0. The molecule has 122 valence electrons. The minimum absolute atomic E-state index is 0.127. The Kier molecular flexibility index (Phi) is 4.60. The Hall–Kier alpha value is -2.37. The summed E-state index contributed by atoms with van der Waals surface area (Å²) < 4.78 is 0. The van der Waals surface area contributed by atoms with Gasteiger partial charge in [-0.25, -0.2) is 5.10 Å². The van der Waals surface area contributed by atoms with Crippen LogP contribution in [0, 0.1) is 0 Å². The van der Waals surface area contributed by atoms with Crippen molar-refractivity contribution in [1.29, 1.82) is 0 Å². The molecule has 1 heterocycles. The first-order valence-electron chi connectivity index (χ1n) is 8.16. The van der Waals surface area contributed by atoms with Crippen molar-refractivity contribution in [3.8, 4) is 0 Å². The first kappa shape index (κ1) is 15.5. The highest BCUT2D eigenvalue weighted by molar-refractivity contribution is 5.87. The lowest BCUT2D eigenvalue weighted by Gasteiger charge is -2.30. The number of nitrogens with one attached hydrogen (secondary N) is 3. The summed E-state index contributed by atoms with van der Waals surface area (Å²) in [6, 6.07) is 0.387. The van der Waals surface area contributed by atoms with Gasteiger partial charge in [0.2, 0.25) is 5.91 Å². The second-order valence-corrected chi connectivity index (χ2v) is 6.13. The maximum Gasteiger partial charge on any atom is 0.271 e. The summed E-state index contributed by atoms with van der Waals surface area (Å²) in [4.78, 5) is 23.3. The molecule has 23 heavy (non-hydrogen) atoms. The number of aromatic nitrogens is 2. The van der Waals surface area contributed by atoms with E-state index in [9.17, 15) is 9.59 Å². The van der Waals surface area contributed by atoms with Gasteiger partial charge in [-0.1, -0.05) is 18.7 Å². The molecule has 6 heteroatoms. The van der Waals surface area contributed by atoms with E-state index in [4.69, 9.17) is 0 Å². The van der Waals surface area contributed by atoms with Gasteiger partial charge in [-0.3, -0.25) is 9.59 Å². The smallest absolute Gasteiger partial charge is 0.271 e. The van der Waals surface area contributed by atoms with Gasteiger partial charge >= 0.3 is 0 Å². The quantitative estimate of drug-likeness (QED) is 0.691. The van der Waals surface area contributed by atoms with Crippen LogP contribution in [0.25, 0.3) is 12.2 Å². The highest BCUT2D eigenvalue weighted by Gasteiger charge is 2.23. The molecule has 0 spiro atoms. The number of rotatable bonds is 4. The monoisotopic (exact) mass is 314 g/mol. The average Bonchev–Trinajstić information content (AvgIpc) is 2.58. The maximum atomic E-state index is 11.9. The lowest BCUT2D eigenvalue weighted by atomic mass is 9.91. The number of amides is 1. The minimum atomic E-state index is -0.138. The van der Waals surface area contributed by atoms with E-state index in [1.165, 1.54) is 6.08 Å². The van der Waals surface area contributed by atoms with Crippen LogP contribution in [0.1, 0.15) is 38.5 Å². The van der Waals surface area contributed by atoms with Gasteiger partial charge in [0.15, 0.2) is 5.82 Å². The Bertz CT molecular complexity index is 781. The lowest BCUT2D eigenvalue weighted by Crippen LogP contribution is -2.46. The normalized spacial score (nSPS) is 23.0.